The molecule has 4 aromatic carbocycles. The summed E-state index contributed by atoms with van der Waals surface area (Å²) in [6.45, 7) is 0. The molecule has 0 atom stereocenters. The molecule has 5 heterocycles. The van der Waals surface area contributed by atoms with Crippen LogP contribution in [0.5, 0.6) is 23.0 Å². The fourth-order valence-corrected chi connectivity index (χ4v) is 8.09. The van der Waals surface area contributed by atoms with E-state index < -0.39 is 15.6 Å². The van der Waals surface area contributed by atoms with Crippen molar-refractivity contribution in [3.05, 3.63) is 144 Å². The lowest BCUT2D eigenvalue weighted by atomic mass is 9.99. The first-order valence-corrected chi connectivity index (χ1v) is 21.8. The van der Waals surface area contributed by atoms with Crippen molar-refractivity contribution in [1.29, 1.82) is 0 Å². The van der Waals surface area contributed by atoms with Gasteiger partial charge in [0, 0.05) is 35.3 Å². The minimum absolute atomic E-state index is 0.791. The van der Waals surface area contributed by atoms with Crippen LogP contribution in [0.2, 0.25) is 0 Å². The van der Waals surface area contributed by atoms with Crippen molar-refractivity contribution in [3.8, 4) is 67.5 Å². The average molecular weight is 913 g/mol. The average Bonchev–Trinajstić information content (AvgIpc) is 4.14. The molecule has 0 fully saturated rings. The number of nitrogens with zero attached hydrogens (tertiary/aromatic N) is 3. The highest BCUT2D eigenvalue weighted by Gasteiger charge is 2.37. The molecule has 0 aliphatic carbocycles. The van der Waals surface area contributed by atoms with Crippen LogP contribution in [0.4, 0.5) is 18.9 Å². The number of hydrogen-bond donors (Lipinski definition) is 1. The maximum Gasteiger partial charge on any atom is 0.485 e. The van der Waals surface area contributed by atoms with Gasteiger partial charge in [0.25, 0.3) is 0 Å². The number of nitrogens with one attached hydrogen (secondary N) is 1. The summed E-state index contributed by atoms with van der Waals surface area (Å²) in [5.74, 6) is 3.18. The Bertz CT molecular complexity index is 3300. The molecule has 0 radical (unpaired) electrons. The van der Waals surface area contributed by atoms with E-state index in [1.165, 1.54) is 0 Å². The molecule has 0 saturated heterocycles. The summed E-state index contributed by atoms with van der Waals surface area (Å²) in [6, 6.07) is 44.0. The van der Waals surface area contributed by atoms with Crippen molar-refractivity contribution in [2.24, 2.45) is 7.05 Å². The Morgan fingerprint density at radius 1 is 0.576 bits per heavy atom. The molecule has 9 rings (SSSR count). The normalized spacial score (nSPS) is 12.2. The van der Waals surface area contributed by atoms with Gasteiger partial charge < -0.3 is 33.1 Å². The minimum atomic E-state index is -6.09. The smallest absolute Gasteiger partial charge is 0.485 e. The molecule has 0 amide bonds. The van der Waals surface area contributed by atoms with Gasteiger partial charge in [-0.15, -0.1) is 0 Å². The number of hydrogen-bond acceptors (Lipinski definition) is 8. The SMILES string of the molecule is COc1ccc(-c2c3cc(c(-c4ccc(OC)cc4)c4ccc([nH]4)c(-c4ccc(OC)cc4)c4ccc(c(-c5ccc(OC)cc5)c5nc2C=C5)n4C)[N+](C)=C3)cc1.O=S(=O)([O-])C(F)(F)F. The monoisotopic (exact) mass is 912 g/mol. The number of aryl methyl sites for hydroxylation is 1. The molecule has 336 valence electrons. The van der Waals surface area contributed by atoms with E-state index in [2.05, 4.69) is 125 Å². The number of fused-ring (bicyclic) bond motifs is 8. The van der Waals surface area contributed by atoms with Crippen LogP contribution < -0.4 is 18.9 Å². The topological polar surface area (TPSA) is 131 Å². The van der Waals surface area contributed by atoms with E-state index in [4.69, 9.17) is 36.9 Å². The van der Waals surface area contributed by atoms with Crippen LogP contribution in [0.3, 0.4) is 0 Å². The molecular formula is C51H43F3N4O7S. The number of aromatic amines is 1. The third-order valence-corrected chi connectivity index (χ3v) is 11.9. The van der Waals surface area contributed by atoms with Crippen LogP contribution in [0.25, 0.3) is 78.7 Å². The summed E-state index contributed by atoms with van der Waals surface area (Å²) >= 11 is 0. The second kappa shape index (κ2) is 18.1. The van der Waals surface area contributed by atoms with Crippen molar-refractivity contribution < 1.29 is 49.7 Å². The number of rotatable bonds is 8. The summed E-state index contributed by atoms with van der Waals surface area (Å²) < 4.78 is 85.7. The molecule has 0 saturated carbocycles. The molecule has 66 heavy (non-hydrogen) atoms. The summed E-state index contributed by atoms with van der Waals surface area (Å²) in [7, 11) is 4.90. The van der Waals surface area contributed by atoms with E-state index in [9.17, 15) is 13.2 Å². The van der Waals surface area contributed by atoms with Crippen LogP contribution in [0, 0.1) is 0 Å². The molecule has 0 spiro atoms. The summed E-state index contributed by atoms with van der Waals surface area (Å²) in [6.07, 6.45) is 6.46. The molecule has 15 heteroatoms. The van der Waals surface area contributed by atoms with Gasteiger partial charge in [0.2, 0.25) is 5.69 Å². The van der Waals surface area contributed by atoms with E-state index in [0.29, 0.717) is 0 Å². The summed E-state index contributed by atoms with van der Waals surface area (Å²) in [4.78, 5) is 9.37. The lowest BCUT2D eigenvalue weighted by molar-refractivity contribution is -0.395. The van der Waals surface area contributed by atoms with E-state index in [-0.39, 0.29) is 0 Å². The van der Waals surface area contributed by atoms with Crippen LogP contribution in [0.15, 0.2) is 127 Å². The van der Waals surface area contributed by atoms with Crippen molar-refractivity contribution in [2.75, 3.05) is 35.5 Å². The van der Waals surface area contributed by atoms with Gasteiger partial charge in [-0.05, 0) is 107 Å². The van der Waals surface area contributed by atoms with Crippen molar-refractivity contribution >= 4 is 56.2 Å². The van der Waals surface area contributed by atoms with Gasteiger partial charge in [0.15, 0.2) is 16.3 Å². The minimum Gasteiger partial charge on any atom is -0.741 e. The fourth-order valence-electron chi connectivity index (χ4n) is 8.09. The molecule has 11 nitrogen and oxygen atoms in total. The Labute approximate surface area is 379 Å². The number of methoxy groups -OCH3 is 4. The van der Waals surface area contributed by atoms with E-state index in [1.807, 2.05) is 48.5 Å². The van der Waals surface area contributed by atoms with Crippen molar-refractivity contribution in [2.45, 2.75) is 5.51 Å². The van der Waals surface area contributed by atoms with E-state index in [1.54, 1.807) is 28.4 Å². The molecule has 1 N–H and O–H groups in total. The van der Waals surface area contributed by atoms with Gasteiger partial charge >= 0.3 is 5.51 Å². The quantitative estimate of drug-likeness (QED) is 0.0906. The van der Waals surface area contributed by atoms with Gasteiger partial charge in [-0.3, -0.25) is 0 Å². The van der Waals surface area contributed by atoms with E-state index >= 15 is 0 Å². The number of alkyl halides is 3. The highest BCUT2D eigenvalue weighted by atomic mass is 32.2. The number of halogens is 3. The largest absolute Gasteiger partial charge is 0.741 e. The Balaban J connectivity index is 0.000000679. The van der Waals surface area contributed by atoms with Crippen LogP contribution in [-0.4, -0.2) is 79.3 Å². The Morgan fingerprint density at radius 3 is 1.36 bits per heavy atom. The predicted octanol–water partition coefficient (Wildman–Crippen LogP) is 11.2. The fraction of sp³-hybridized carbons (Fsp3) is 0.137. The zero-order valence-corrected chi connectivity index (χ0v) is 37.4. The van der Waals surface area contributed by atoms with Gasteiger partial charge in [-0.2, -0.15) is 13.2 Å². The first-order valence-electron chi connectivity index (χ1n) is 20.4. The zero-order chi connectivity index (χ0) is 46.9. The Kier molecular flexibility index (Phi) is 12.3. The first kappa shape index (κ1) is 45.0. The number of benzene rings is 4. The van der Waals surface area contributed by atoms with Gasteiger partial charge in [0.05, 0.1) is 67.5 Å². The van der Waals surface area contributed by atoms with Crippen molar-refractivity contribution in [1.82, 2.24) is 14.5 Å². The summed E-state index contributed by atoms with van der Waals surface area (Å²) in [5.41, 5.74) is 10.5. The van der Waals surface area contributed by atoms with Crippen LogP contribution in [-0.2, 0) is 17.2 Å². The lowest BCUT2D eigenvalue weighted by Gasteiger charge is -2.10. The molecule has 2 aliphatic heterocycles. The summed E-state index contributed by atoms with van der Waals surface area (Å²) in [5, 5.41) is 0. The van der Waals surface area contributed by atoms with Crippen molar-refractivity contribution in [3.63, 3.8) is 0 Å². The number of aromatic nitrogens is 3. The molecule has 2 aliphatic rings. The second-order valence-corrected chi connectivity index (χ2v) is 16.6. The third kappa shape index (κ3) is 8.77. The molecular weight excluding hydrogens is 870 g/mol. The van der Waals surface area contributed by atoms with E-state index in [0.717, 1.165) is 112 Å². The van der Waals surface area contributed by atoms with Gasteiger partial charge in [-0.1, -0.05) is 48.5 Å². The molecule has 3 aromatic heterocycles. The van der Waals surface area contributed by atoms with Crippen LogP contribution in [0.1, 0.15) is 17.0 Å². The standard InChI is InChI=1S/C50H42N4O4.CHF3O3S/c1-53-30-35-29-46(53)50(34-13-21-39(58-6)22-14-34)43-26-25-42(52-43)49(33-11-19-38(57-5)20-12-33)45-28-27-44(54(45)2)48(32-9-17-37(56-4)18-10-32)41-24-23-40(51-41)47(35)31-7-15-36(55-3)16-8-31;2-1(3,4)8(5,6)7/h7-30H,1-6H3;(H,5,6,7). The van der Waals surface area contributed by atoms with Crippen LogP contribution >= 0.6 is 0 Å². The number of ether oxygens (including phenoxy) is 4. The highest BCUT2D eigenvalue weighted by Crippen LogP contribution is 2.41. The maximum atomic E-state index is 10.7. The molecule has 8 bridgehead atoms. The molecule has 7 aromatic rings. The first-order chi connectivity index (χ1) is 31.6. The van der Waals surface area contributed by atoms with Gasteiger partial charge in [0.1, 0.15) is 30.0 Å². The Hall–Kier alpha value is -7.62. The Morgan fingerprint density at radius 2 is 0.939 bits per heavy atom. The second-order valence-electron chi connectivity index (χ2n) is 15.2. The highest BCUT2D eigenvalue weighted by molar-refractivity contribution is 7.86. The zero-order valence-electron chi connectivity index (χ0n) is 36.6. The predicted molar refractivity (Wildman–Crippen MR) is 251 cm³/mol. The lowest BCUT2D eigenvalue weighted by Crippen LogP contribution is -2.21. The molecule has 0 unspecified atom stereocenters. The maximum absolute atomic E-state index is 10.7. The third-order valence-electron chi connectivity index (χ3n) is 11.4. The van der Waals surface area contributed by atoms with Gasteiger partial charge in [-0.25, -0.2) is 18.0 Å². The number of H-pyrrole nitrogens is 1.